The standard InChI is InChI=1S/C23H26N4O4/c1-29-19-9-7-17(8-10-19)22-24-21(31-25-22)16-26-11-4-12-27(14-13-26)23(28)18-5-3-6-20(15-18)30-2/h3,5-10,15H,4,11-14,16H2,1-2H3. The fraction of sp³-hybridized carbons (Fsp3) is 0.348. The number of ether oxygens (including phenoxy) is 2. The molecule has 0 N–H and O–H groups in total. The van der Waals surface area contributed by atoms with Crippen LogP contribution in [-0.4, -0.2) is 66.2 Å². The van der Waals surface area contributed by atoms with Crippen LogP contribution in [0.1, 0.15) is 22.7 Å². The summed E-state index contributed by atoms with van der Waals surface area (Å²) in [6.45, 7) is 3.53. The first kappa shape index (κ1) is 20.9. The van der Waals surface area contributed by atoms with Gasteiger partial charge in [-0.1, -0.05) is 11.2 Å². The molecule has 8 nitrogen and oxygen atoms in total. The fourth-order valence-electron chi connectivity index (χ4n) is 3.64. The molecule has 1 amide bonds. The minimum atomic E-state index is 0.0281. The third-order valence-electron chi connectivity index (χ3n) is 5.37. The van der Waals surface area contributed by atoms with E-state index in [0.29, 0.717) is 42.7 Å². The topological polar surface area (TPSA) is 80.9 Å². The van der Waals surface area contributed by atoms with Gasteiger partial charge in [0.1, 0.15) is 11.5 Å². The van der Waals surface area contributed by atoms with Crippen LogP contribution in [0.3, 0.4) is 0 Å². The summed E-state index contributed by atoms with van der Waals surface area (Å²) in [5.74, 6) is 2.62. The SMILES string of the molecule is COc1ccc(-c2noc(CN3CCCN(C(=O)c4cccc(OC)c4)CC3)n2)cc1. The van der Waals surface area contributed by atoms with Gasteiger partial charge in [-0.25, -0.2) is 0 Å². The molecule has 1 aliphatic rings. The Kier molecular flexibility index (Phi) is 6.47. The molecule has 0 radical (unpaired) electrons. The highest BCUT2D eigenvalue weighted by Crippen LogP contribution is 2.21. The third kappa shape index (κ3) is 5.03. The van der Waals surface area contributed by atoms with Crippen LogP contribution in [0, 0.1) is 0 Å². The quantitative estimate of drug-likeness (QED) is 0.604. The maximum atomic E-state index is 12.9. The maximum absolute atomic E-state index is 12.9. The molecule has 0 bridgehead atoms. The summed E-state index contributed by atoms with van der Waals surface area (Å²) < 4.78 is 15.9. The summed E-state index contributed by atoms with van der Waals surface area (Å²) in [6, 6.07) is 14.8. The molecule has 4 rings (SSSR count). The Labute approximate surface area is 181 Å². The van der Waals surface area contributed by atoms with Crippen LogP contribution in [0.5, 0.6) is 11.5 Å². The first-order valence-electron chi connectivity index (χ1n) is 10.3. The number of benzene rings is 2. The second-order valence-electron chi connectivity index (χ2n) is 7.39. The van der Waals surface area contributed by atoms with Gasteiger partial charge >= 0.3 is 0 Å². The molecular formula is C23H26N4O4. The van der Waals surface area contributed by atoms with Crippen molar-refractivity contribution in [3.63, 3.8) is 0 Å². The van der Waals surface area contributed by atoms with Crippen molar-refractivity contribution in [2.45, 2.75) is 13.0 Å². The minimum Gasteiger partial charge on any atom is -0.497 e. The number of hydrogen-bond acceptors (Lipinski definition) is 7. The zero-order valence-electron chi connectivity index (χ0n) is 17.8. The number of hydrogen-bond donors (Lipinski definition) is 0. The monoisotopic (exact) mass is 422 g/mol. The Morgan fingerprint density at radius 3 is 2.58 bits per heavy atom. The molecule has 1 aliphatic heterocycles. The Morgan fingerprint density at radius 2 is 1.81 bits per heavy atom. The molecule has 1 aromatic heterocycles. The number of rotatable bonds is 6. The van der Waals surface area contributed by atoms with E-state index < -0.39 is 0 Å². The molecule has 2 heterocycles. The zero-order chi connectivity index (χ0) is 21.6. The van der Waals surface area contributed by atoms with E-state index >= 15 is 0 Å². The summed E-state index contributed by atoms with van der Waals surface area (Å²) >= 11 is 0. The smallest absolute Gasteiger partial charge is 0.254 e. The number of carbonyl (C=O) groups excluding carboxylic acids is 1. The van der Waals surface area contributed by atoms with Crippen molar-refractivity contribution in [1.29, 1.82) is 0 Å². The molecule has 0 spiro atoms. The molecule has 0 unspecified atom stereocenters. The van der Waals surface area contributed by atoms with E-state index in [2.05, 4.69) is 15.0 Å². The van der Waals surface area contributed by atoms with Crippen molar-refractivity contribution < 1.29 is 18.8 Å². The molecule has 0 aliphatic carbocycles. The third-order valence-corrected chi connectivity index (χ3v) is 5.37. The zero-order valence-corrected chi connectivity index (χ0v) is 17.8. The molecule has 2 aromatic carbocycles. The van der Waals surface area contributed by atoms with Gasteiger partial charge in [0.2, 0.25) is 11.7 Å². The van der Waals surface area contributed by atoms with Gasteiger partial charge in [-0.3, -0.25) is 9.69 Å². The van der Waals surface area contributed by atoms with Crippen molar-refractivity contribution in [3.05, 3.63) is 60.0 Å². The molecule has 1 fully saturated rings. The first-order valence-corrected chi connectivity index (χ1v) is 10.3. The molecule has 162 valence electrons. The minimum absolute atomic E-state index is 0.0281. The largest absolute Gasteiger partial charge is 0.497 e. The normalized spacial score (nSPS) is 14.8. The Morgan fingerprint density at radius 1 is 1.00 bits per heavy atom. The molecule has 31 heavy (non-hydrogen) atoms. The molecule has 0 saturated carbocycles. The summed E-state index contributed by atoms with van der Waals surface area (Å²) in [4.78, 5) is 21.6. The molecule has 3 aromatic rings. The lowest BCUT2D eigenvalue weighted by atomic mass is 10.2. The van der Waals surface area contributed by atoms with Gasteiger partial charge in [0, 0.05) is 37.3 Å². The number of aromatic nitrogens is 2. The van der Waals surface area contributed by atoms with Gasteiger partial charge in [0.15, 0.2) is 0 Å². The number of nitrogens with zero attached hydrogens (tertiary/aromatic N) is 4. The van der Waals surface area contributed by atoms with E-state index in [1.807, 2.05) is 47.4 Å². The second kappa shape index (κ2) is 9.61. The van der Waals surface area contributed by atoms with Crippen molar-refractivity contribution >= 4 is 5.91 Å². The van der Waals surface area contributed by atoms with Crippen molar-refractivity contribution in [3.8, 4) is 22.9 Å². The van der Waals surface area contributed by atoms with E-state index in [9.17, 15) is 4.79 Å². The van der Waals surface area contributed by atoms with Crippen molar-refractivity contribution in [1.82, 2.24) is 19.9 Å². The molecular weight excluding hydrogens is 396 g/mol. The second-order valence-corrected chi connectivity index (χ2v) is 7.39. The highest BCUT2D eigenvalue weighted by molar-refractivity contribution is 5.94. The van der Waals surface area contributed by atoms with Gasteiger partial charge in [0.25, 0.3) is 5.91 Å². The average Bonchev–Trinajstić information content (AvgIpc) is 3.16. The van der Waals surface area contributed by atoms with Gasteiger partial charge < -0.3 is 18.9 Å². The van der Waals surface area contributed by atoms with Crippen LogP contribution in [0.2, 0.25) is 0 Å². The predicted octanol–water partition coefficient (Wildman–Crippen LogP) is 3.10. The summed E-state index contributed by atoms with van der Waals surface area (Å²) in [6.07, 6.45) is 0.884. The Bertz CT molecular complexity index is 1020. The molecule has 1 saturated heterocycles. The maximum Gasteiger partial charge on any atom is 0.254 e. The van der Waals surface area contributed by atoms with Crippen LogP contribution in [0.4, 0.5) is 0 Å². The van der Waals surface area contributed by atoms with Gasteiger partial charge in [-0.2, -0.15) is 4.98 Å². The van der Waals surface area contributed by atoms with E-state index in [1.165, 1.54) is 0 Å². The number of carbonyl (C=O) groups is 1. The number of amides is 1. The lowest BCUT2D eigenvalue weighted by Crippen LogP contribution is -2.35. The highest BCUT2D eigenvalue weighted by Gasteiger charge is 2.22. The van der Waals surface area contributed by atoms with Crippen molar-refractivity contribution in [2.24, 2.45) is 0 Å². The summed E-state index contributed by atoms with van der Waals surface area (Å²) in [7, 11) is 3.24. The Hall–Kier alpha value is -3.39. The lowest BCUT2D eigenvalue weighted by Gasteiger charge is -2.21. The lowest BCUT2D eigenvalue weighted by molar-refractivity contribution is 0.0760. The van der Waals surface area contributed by atoms with Crippen LogP contribution < -0.4 is 9.47 Å². The molecule has 8 heteroatoms. The molecule has 0 atom stereocenters. The van der Waals surface area contributed by atoms with E-state index in [0.717, 1.165) is 30.8 Å². The Balaban J connectivity index is 1.36. The van der Waals surface area contributed by atoms with E-state index in [-0.39, 0.29) is 5.91 Å². The summed E-state index contributed by atoms with van der Waals surface area (Å²) in [5, 5.41) is 4.10. The van der Waals surface area contributed by atoms with Crippen molar-refractivity contribution in [2.75, 3.05) is 40.4 Å². The summed E-state index contributed by atoms with van der Waals surface area (Å²) in [5.41, 5.74) is 1.52. The predicted molar refractivity (Wildman–Crippen MR) is 115 cm³/mol. The van der Waals surface area contributed by atoms with Gasteiger partial charge in [0.05, 0.1) is 20.8 Å². The fourth-order valence-corrected chi connectivity index (χ4v) is 3.64. The van der Waals surface area contributed by atoms with Crippen LogP contribution in [0.15, 0.2) is 53.1 Å². The van der Waals surface area contributed by atoms with Crippen LogP contribution in [0.25, 0.3) is 11.4 Å². The highest BCUT2D eigenvalue weighted by atomic mass is 16.5. The van der Waals surface area contributed by atoms with Gasteiger partial charge in [-0.05, 0) is 48.9 Å². The van der Waals surface area contributed by atoms with Gasteiger partial charge in [-0.15, -0.1) is 0 Å². The number of methoxy groups -OCH3 is 2. The van der Waals surface area contributed by atoms with E-state index in [4.69, 9.17) is 14.0 Å². The average molecular weight is 422 g/mol. The first-order chi connectivity index (χ1) is 15.2. The van der Waals surface area contributed by atoms with Crippen LogP contribution in [-0.2, 0) is 6.54 Å². The van der Waals surface area contributed by atoms with E-state index in [1.54, 1.807) is 20.3 Å². The van der Waals surface area contributed by atoms with Crippen LogP contribution >= 0.6 is 0 Å².